The van der Waals surface area contributed by atoms with E-state index in [-0.39, 0.29) is 12.7 Å². The summed E-state index contributed by atoms with van der Waals surface area (Å²) in [7, 11) is 0. The molecule has 0 atom stereocenters. The Morgan fingerprint density at radius 2 is 1.79 bits per heavy atom. The molecule has 1 saturated carbocycles. The molecule has 1 spiro atoms. The van der Waals surface area contributed by atoms with E-state index in [4.69, 9.17) is 14.0 Å². The summed E-state index contributed by atoms with van der Waals surface area (Å²) in [5.41, 5.74) is 2.87. The van der Waals surface area contributed by atoms with Crippen LogP contribution in [0.2, 0.25) is 0 Å². The smallest absolute Gasteiger partial charge is 0.276 e. The van der Waals surface area contributed by atoms with E-state index >= 15 is 0 Å². The van der Waals surface area contributed by atoms with Crippen LogP contribution in [0.15, 0.2) is 59.1 Å². The van der Waals surface area contributed by atoms with Gasteiger partial charge in [0.1, 0.15) is 0 Å². The Hall–Kier alpha value is -3.28. The molecule has 2 aromatic carbocycles. The average Bonchev–Trinajstić information content (AvgIpc) is 3.35. The number of amides is 1. The van der Waals surface area contributed by atoms with Crippen LogP contribution in [-0.4, -0.2) is 35.8 Å². The van der Waals surface area contributed by atoms with Crippen LogP contribution in [0, 0.1) is 5.41 Å². The fraction of sp³-hybridized carbons (Fsp3) is 0.304. The summed E-state index contributed by atoms with van der Waals surface area (Å²) in [4.78, 5) is 14.7. The molecule has 0 unspecified atom stereocenters. The van der Waals surface area contributed by atoms with Crippen LogP contribution in [0.3, 0.4) is 0 Å². The van der Waals surface area contributed by atoms with Crippen LogP contribution >= 0.6 is 0 Å². The highest BCUT2D eigenvalue weighted by Gasteiger charge is 2.54. The van der Waals surface area contributed by atoms with Gasteiger partial charge in [0.25, 0.3) is 5.91 Å². The van der Waals surface area contributed by atoms with Gasteiger partial charge in [0.15, 0.2) is 23.0 Å². The number of carbonyl (C=O) groups is 1. The normalized spacial score (nSPS) is 19.1. The van der Waals surface area contributed by atoms with Gasteiger partial charge in [-0.05, 0) is 42.5 Å². The number of aromatic nitrogens is 1. The van der Waals surface area contributed by atoms with Gasteiger partial charge in [0, 0.05) is 30.1 Å². The topological polar surface area (TPSA) is 64.8 Å². The van der Waals surface area contributed by atoms with Crippen molar-refractivity contribution in [3.8, 4) is 22.8 Å². The number of nitrogens with zero attached hydrogens (tertiary/aromatic N) is 2. The average molecular weight is 388 g/mol. The van der Waals surface area contributed by atoms with Gasteiger partial charge in [-0.15, -0.1) is 0 Å². The van der Waals surface area contributed by atoms with Crippen LogP contribution < -0.4 is 9.47 Å². The van der Waals surface area contributed by atoms with Crippen molar-refractivity contribution in [3.63, 3.8) is 0 Å². The lowest BCUT2D eigenvalue weighted by Gasteiger charge is -2.59. The molecule has 1 aliphatic carbocycles. The molecule has 2 fully saturated rings. The largest absolute Gasteiger partial charge is 0.454 e. The van der Waals surface area contributed by atoms with Crippen molar-refractivity contribution >= 4 is 5.91 Å². The Morgan fingerprint density at radius 1 is 1.00 bits per heavy atom. The summed E-state index contributed by atoms with van der Waals surface area (Å²) in [6.07, 6.45) is 2.31. The van der Waals surface area contributed by atoms with Crippen molar-refractivity contribution in [1.29, 1.82) is 0 Å². The second-order valence-electron chi connectivity index (χ2n) is 8.32. The van der Waals surface area contributed by atoms with E-state index in [0.29, 0.717) is 34.3 Å². The molecule has 0 bridgehead atoms. The predicted molar refractivity (Wildman–Crippen MR) is 105 cm³/mol. The van der Waals surface area contributed by atoms with Crippen molar-refractivity contribution in [2.45, 2.75) is 18.8 Å². The van der Waals surface area contributed by atoms with E-state index in [0.717, 1.165) is 31.5 Å². The van der Waals surface area contributed by atoms with Gasteiger partial charge in [-0.3, -0.25) is 4.79 Å². The van der Waals surface area contributed by atoms with Crippen LogP contribution in [0.25, 0.3) is 11.3 Å². The number of ether oxygens (including phenoxy) is 2. The van der Waals surface area contributed by atoms with Gasteiger partial charge < -0.3 is 18.9 Å². The van der Waals surface area contributed by atoms with E-state index in [9.17, 15) is 4.79 Å². The molecule has 2 aliphatic heterocycles. The Kier molecular flexibility index (Phi) is 3.51. The lowest BCUT2D eigenvalue weighted by Crippen LogP contribution is -2.63. The minimum absolute atomic E-state index is 0.0606. The molecular formula is C23H20N2O4. The van der Waals surface area contributed by atoms with Gasteiger partial charge in [0.2, 0.25) is 6.79 Å². The molecule has 0 N–H and O–H groups in total. The molecule has 6 nitrogen and oxygen atoms in total. The van der Waals surface area contributed by atoms with Gasteiger partial charge in [-0.2, -0.15) is 0 Å². The summed E-state index contributed by atoms with van der Waals surface area (Å²) < 4.78 is 16.2. The third-order valence-electron chi connectivity index (χ3n) is 6.36. The van der Waals surface area contributed by atoms with Crippen molar-refractivity contribution < 1.29 is 18.8 Å². The van der Waals surface area contributed by atoms with E-state index in [2.05, 4.69) is 35.5 Å². The third-order valence-corrected chi connectivity index (χ3v) is 6.36. The van der Waals surface area contributed by atoms with Gasteiger partial charge in [-0.1, -0.05) is 35.5 Å². The van der Waals surface area contributed by atoms with Crippen LogP contribution in [0.4, 0.5) is 0 Å². The van der Waals surface area contributed by atoms with Gasteiger partial charge in [0.05, 0.1) is 0 Å². The van der Waals surface area contributed by atoms with E-state index in [1.54, 1.807) is 6.07 Å². The molecule has 6 heteroatoms. The minimum atomic E-state index is -0.0606. The summed E-state index contributed by atoms with van der Waals surface area (Å²) >= 11 is 0. The monoisotopic (exact) mass is 388 g/mol. The summed E-state index contributed by atoms with van der Waals surface area (Å²) in [6, 6.07) is 17.9. The first-order valence-corrected chi connectivity index (χ1v) is 9.90. The summed E-state index contributed by atoms with van der Waals surface area (Å²) in [6.45, 7) is 1.84. The number of hydrogen-bond acceptors (Lipinski definition) is 5. The Morgan fingerprint density at radius 3 is 2.62 bits per heavy atom. The van der Waals surface area contributed by atoms with Crippen molar-refractivity contribution in [2.24, 2.45) is 5.41 Å². The van der Waals surface area contributed by atoms with E-state index < -0.39 is 0 Å². The maximum atomic E-state index is 12.8. The Balaban J connectivity index is 1.10. The zero-order valence-electron chi connectivity index (χ0n) is 15.8. The molecule has 1 amide bonds. The van der Waals surface area contributed by atoms with Crippen LogP contribution in [0.1, 0.15) is 34.8 Å². The lowest BCUT2D eigenvalue weighted by molar-refractivity contribution is -0.0557. The molecule has 146 valence electrons. The van der Waals surface area contributed by atoms with Gasteiger partial charge >= 0.3 is 0 Å². The summed E-state index contributed by atoms with van der Waals surface area (Å²) in [5, 5.41) is 4.00. The lowest BCUT2D eigenvalue weighted by atomic mass is 9.56. The molecule has 1 saturated heterocycles. The molecule has 29 heavy (non-hydrogen) atoms. The highest BCUT2D eigenvalue weighted by atomic mass is 16.7. The first kappa shape index (κ1) is 16.7. The first-order valence-electron chi connectivity index (χ1n) is 9.90. The van der Waals surface area contributed by atoms with Gasteiger partial charge in [-0.25, -0.2) is 0 Å². The molecule has 3 heterocycles. The van der Waals surface area contributed by atoms with Crippen molar-refractivity contribution in [3.05, 3.63) is 65.9 Å². The van der Waals surface area contributed by atoms with Crippen molar-refractivity contribution in [1.82, 2.24) is 10.1 Å². The zero-order chi connectivity index (χ0) is 19.4. The zero-order valence-corrected chi connectivity index (χ0v) is 15.8. The standard InChI is InChI=1S/C23H20N2O4/c26-22(25-12-23(13-25)10-17(11-23)15-4-2-1-3-5-15)18-9-20(29-24-18)16-6-7-19-21(8-16)28-14-27-19/h1-9,17H,10-14H2. The minimum Gasteiger partial charge on any atom is -0.454 e. The highest BCUT2D eigenvalue weighted by Crippen LogP contribution is 2.56. The second kappa shape index (κ2) is 6.11. The Labute approximate surface area is 168 Å². The first-order chi connectivity index (χ1) is 14.2. The number of likely N-dealkylation sites (tertiary alicyclic amines) is 1. The number of rotatable bonds is 3. The van der Waals surface area contributed by atoms with Crippen LogP contribution in [0.5, 0.6) is 11.5 Å². The number of carbonyl (C=O) groups excluding carboxylic acids is 1. The molecule has 3 aliphatic rings. The molecular weight excluding hydrogens is 368 g/mol. The maximum Gasteiger partial charge on any atom is 0.276 e. The summed E-state index contributed by atoms with van der Waals surface area (Å²) in [5.74, 6) is 2.50. The second-order valence-corrected chi connectivity index (χ2v) is 8.32. The highest BCUT2D eigenvalue weighted by molar-refractivity contribution is 5.93. The molecule has 3 aromatic rings. The predicted octanol–water partition coefficient (Wildman–Crippen LogP) is 4.09. The quantitative estimate of drug-likeness (QED) is 0.676. The maximum absolute atomic E-state index is 12.8. The fourth-order valence-corrected chi connectivity index (χ4v) is 4.84. The number of hydrogen-bond donors (Lipinski definition) is 0. The van der Waals surface area contributed by atoms with Crippen LogP contribution in [-0.2, 0) is 0 Å². The number of benzene rings is 2. The molecule has 6 rings (SSSR count). The molecule has 1 aromatic heterocycles. The third kappa shape index (κ3) is 2.70. The van der Waals surface area contributed by atoms with E-state index in [1.807, 2.05) is 23.1 Å². The molecule has 0 radical (unpaired) electrons. The number of fused-ring (bicyclic) bond motifs is 1. The van der Waals surface area contributed by atoms with Crippen molar-refractivity contribution in [2.75, 3.05) is 19.9 Å². The Bertz CT molecular complexity index is 1080. The SMILES string of the molecule is O=C(c1cc(-c2ccc3c(c2)OCO3)on1)N1CC2(CC(c3ccccc3)C2)C1. The van der Waals surface area contributed by atoms with E-state index in [1.165, 1.54) is 5.56 Å². The fourth-order valence-electron chi connectivity index (χ4n) is 4.84.